The average Bonchev–Trinajstić information content (AvgIpc) is 2.79. The number of alkyl halides is 2. The molecule has 0 N–H and O–H groups in total. The Balaban J connectivity index is 2.43. The van der Waals surface area contributed by atoms with E-state index in [9.17, 15) is 18.4 Å². The minimum atomic E-state index is -3.14. The van der Waals surface area contributed by atoms with Crippen LogP contribution in [0.25, 0.3) is 0 Å². The van der Waals surface area contributed by atoms with Gasteiger partial charge in [-0.25, -0.2) is 8.78 Å². The van der Waals surface area contributed by atoms with E-state index in [2.05, 4.69) is 0 Å². The standard InChI is InChI=1S/C16H18F2O4/c1-9(2)8-22-15(20)16(14(17)18)7-11-10(13(16)19)5-4-6-12(11)21-3/h4-6,9,14H,7-8H2,1-3H3. The van der Waals surface area contributed by atoms with E-state index in [-0.39, 0.29) is 18.1 Å². The minimum absolute atomic E-state index is 0.00589. The van der Waals surface area contributed by atoms with Gasteiger partial charge in [0.15, 0.2) is 11.2 Å². The summed E-state index contributed by atoms with van der Waals surface area (Å²) in [6.45, 7) is 3.57. The Morgan fingerprint density at radius 2 is 2.05 bits per heavy atom. The van der Waals surface area contributed by atoms with Gasteiger partial charge < -0.3 is 9.47 Å². The van der Waals surface area contributed by atoms with Crippen molar-refractivity contribution in [1.82, 2.24) is 0 Å². The maximum absolute atomic E-state index is 13.7. The SMILES string of the molecule is COc1cccc2c1CC(C(=O)OCC(C)C)(C(F)F)C2=O. The molecule has 0 radical (unpaired) electrons. The fraction of sp³-hybridized carbons (Fsp3) is 0.500. The number of ketones is 1. The van der Waals surface area contributed by atoms with Crippen LogP contribution in [0.1, 0.15) is 29.8 Å². The van der Waals surface area contributed by atoms with Crippen molar-refractivity contribution in [2.45, 2.75) is 26.7 Å². The molecule has 22 heavy (non-hydrogen) atoms. The molecule has 0 fully saturated rings. The summed E-state index contributed by atoms with van der Waals surface area (Å²) in [5, 5.41) is 0. The summed E-state index contributed by atoms with van der Waals surface area (Å²) in [5.74, 6) is -1.75. The first-order valence-corrected chi connectivity index (χ1v) is 7.00. The van der Waals surface area contributed by atoms with Gasteiger partial charge in [-0.05, 0) is 12.0 Å². The molecule has 0 heterocycles. The van der Waals surface area contributed by atoms with Gasteiger partial charge in [-0.3, -0.25) is 9.59 Å². The lowest BCUT2D eigenvalue weighted by Crippen LogP contribution is -2.45. The molecule has 1 aromatic carbocycles. The van der Waals surface area contributed by atoms with Crippen LogP contribution in [0.4, 0.5) is 8.78 Å². The predicted molar refractivity (Wildman–Crippen MR) is 75.3 cm³/mol. The van der Waals surface area contributed by atoms with Gasteiger partial charge >= 0.3 is 5.97 Å². The van der Waals surface area contributed by atoms with E-state index < -0.39 is 30.0 Å². The van der Waals surface area contributed by atoms with Crippen molar-refractivity contribution in [2.24, 2.45) is 11.3 Å². The number of rotatable bonds is 5. The molecule has 4 nitrogen and oxygen atoms in total. The van der Waals surface area contributed by atoms with Crippen LogP contribution in [0.3, 0.4) is 0 Å². The van der Waals surface area contributed by atoms with Gasteiger partial charge in [0, 0.05) is 17.5 Å². The Morgan fingerprint density at radius 1 is 1.36 bits per heavy atom. The van der Waals surface area contributed by atoms with E-state index in [1.54, 1.807) is 19.9 Å². The van der Waals surface area contributed by atoms with Gasteiger partial charge in [-0.1, -0.05) is 26.0 Å². The van der Waals surface area contributed by atoms with E-state index in [0.29, 0.717) is 11.3 Å². The second kappa shape index (κ2) is 6.02. The molecule has 0 saturated heterocycles. The number of halogens is 2. The first kappa shape index (κ1) is 16.4. The average molecular weight is 312 g/mol. The zero-order valence-corrected chi connectivity index (χ0v) is 12.7. The molecule has 1 unspecified atom stereocenters. The Kier molecular flexibility index (Phi) is 4.49. The summed E-state index contributed by atoms with van der Waals surface area (Å²) in [6, 6.07) is 4.55. The number of fused-ring (bicyclic) bond motifs is 1. The quantitative estimate of drug-likeness (QED) is 0.620. The maximum atomic E-state index is 13.7. The molecule has 2 rings (SSSR count). The fourth-order valence-corrected chi connectivity index (χ4v) is 2.55. The fourth-order valence-electron chi connectivity index (χ4n) is 2.55. The van der Waals surface area contributed by atoms with Crippen molar-refractivity contribution in [2.75, 3.05) is 13.7 Å². The molecule has 1 aliphatic rings. The van der Waals surface area contributed by atoms with Crippen molar-refractivity contribution in [3.63, 3.8) is 0 Å². The van der Waals surface area contributed by atoms with E-state index in [1.165, 1.54) is 19.2 Å². The second-order valence-corrected chi connectivity index (χ2v) is 5.76. The monoisotopic (exact) mass is 312 g/mol. The first-order valence-electron chi connectivity index (χ1n) is 7.00. The lowest BCUT2D eigenvalue weighted by molar-refractivity contribution is -0.161. The lowest BCUT2D eigenvalue weighted by atomic mass is 9.84. The second-order valence-electron chi connectivity index (χ2n) is 5.76. The number of methoxy groups -OCH3 is 1. The van der Waals surface area contributed by atoms with E-state index >= 15 is 0 Å². The Labute approximate surface area is 127 Å². The highest BCUT2D eigenvalue weighted by Crippen LogP contribution is 2.45. The summed E-state index contributed by atoms with van der Waals surface area (Å²) in [4.78, 5) is 24.7. The molecule has 0 amide bonds. The normalized spacial score (nSPS) is 20.4. The summed E-state index contributed by atoms with van der Waals surface area (Å²) in [5.41, 5.74) is -2.04. The lowest BCUT2D eigenvalue weighted by Gasteiger charge is -2.24. The summed E-state index contributed by atoms with van der Waals surface area (Å²) >= 11 is 0. The molecular formula is C16H18F2O4. The number of carbonyl (C=O) groups excluding carboxylic acids is 2. The smallest absolute Gasteiger partial charge is 0.326 e. The molecule has 1 aliphatic carbocycles. The largest absolute Gasteiger partial charge is 0.496 e. The molecule has 6 heteroatoms. The minimum Gasteiger partial charge on any atom is -0.496 e. The molecule has 0 saturated carbocycles. The van der Waals surface area contributed by atoms with Crippen molar-refractivity contribution < 1.29 is 27.8 Å². The third kappa shape index (κ3) is 2.46. The van der Waals surface area contributed by atoms with Crippen LogP contribution in [-0.4, -0.2) is 31.9 Å². The van der Waals surface area contributed by atoms with Gasteiger partial charge in [0.2, 0.25) is 0 Å². The maximum Gasteiger partial charge on any atom is 0.326 e. The summed E-state index contributed by atoms with van der Waals surface area (Å²) in [7, 11) is 1.39. The van der Waals surface area contributed by atoms with Crippen LogP contribution < -0.4 is 4.74 Å². The molecule has 1 atom stereocenters. The number of ether oxygens (including phenoxy) is 2. The Hall–Kier alpha value is -1.98. The van der Waals surface area contributed by atoms with Crippen LogP contribution in [0, 0.1) is 11.3 Å². The van der Waals surface area contributed by atoms with Crippen molar-refractivity contribution in [3.05, 3.63) is 29.3 Å². The van der Waals surface area contributed by atoms with Crippen molar-refractivity contribution in [1.29, 1.82) is 0 Å². The van der Waals surface area contributed by atoms with Gasteiger partial charge in [0.1, 0.15) is 5.75 Å². The van der Waals surface area contributed by atoms with Crippen molar-refractivity contribution in [3.8, 4) is 5.75 Å². The number of esters is 1. The number of hydrogen-bond acceptors (Lipinski definition) is 4. The van der Waals surface area contributed by atoms with Crippen LogP contribution in [0.15, 0.2) is 18.2 Å². The Bertz CT molecular complexity index is 598. The number of benzene rings is 1. The molecule has 0 spiro atoms. The molecule has 0 bridgehead atoms. The summed E-state index contributed by atoms with van der Waals surface area (Å²) < 4.78 is 37.4. The molecule has 1 aromatic rings. The van der Waals surface area contributed by atoms with Crippen LogP contribution in [0.2, 0.25) is 0 Å². The highest BCUT2D eigenvalue weighted by Gasteiger charge is 2.60. The van der Waals surface area contributed by atoms with Gasteiger partial charge in [0.05, 0.1) is 13.7 Å². The van der Waals surface area contributed by atoms with E-state index in [4.69, 9.17) is 9.47 Å². The third-order valence-electron chi connectivity index (χ3n) is 3.74. The topological polar surface area (TPSA) is 52.6 Å². The van der Waals surface area contributed by atoms with Crippen LogP contribution >= 0.6 is 0 Å². The third-order valence-corrected chi connectivity index (χ3v) is 3.74. The van der Waals surface area contributed by atoms with Gasteiger partial charge in [-0.15, -0.1) is 0 Å². The van der Waals surface area contributed by atoms with Gasteiger partial charge in [0.25, 0.3) is 6.43 Å². The molecule has 120 valence electrons. The molecule has 0 aromatic heterocycles. The van der Waals surface area contributed by atoms with Crippen LogP contribution in [0.5, 0.6) is 5.75 Å². The van der Waals surface area contributed by atoms with E-state index in [0.717, 1.165) is 0 Å². The number of hydrogen-bond donors (Lipinski definition) is 0. The van der Waals surface area contributed by atoms with E-state index in [1.807, 2.05) is 0 Å². The molecule has 0 aliphatic heterocycles. The summed E-state index contributed by atoms with van der Waals surface area (Å²) in [6.07, 6.45) is -3.54. The zero-order chi connectivity index (χ0) is 16.5. The van der Waals surface area contributed by atoms with Crippen molar-refractivity contribution >= 4 is 11.8 Å². The predicted octanol–water partition coefficient (Wildman–Crippen LogP) is 2.88. The highest BCUT2D eigenvalue weighted by atomic mass is 19.3. The van der Waals surface area contributed by atoms with Gasteiger partial charge in [-0.2, -0.15) is 0 Å². The Morgan fingerprint density at radius 3 is 2.59 bits per heavy atom. The van der Waals surface area contributed by atoms with Crippen LogP contribution in [-0.2, 0) is 16.0 Å². The highest BCUT2D eigenvalue weighted by molar-refractivity contribution is 6.16. The first-order chi connectivity index (χ1) is 10.3. The molecular weight excluding hydrogens is 294 g/mol. The number of carbonyl (C=O) groups is 2. The zero-order valence-electron chi connectivity index (χ0n) is 12.7. The number of Topliss-reactive ketones (excluding diaryl/α,β-unsaturated/α-hetero) is 1.